The van der Waals surface area contributed by atoms with Gasteiger partial charge in [0, 0.05) is 30.4 Å². The van der Waals surface area contributed by atoms with Crippen LogP contribution in [0.2, 0.25) is 0 Å². The summed E-state index contributed by atoms with van der Waals surface area (Å²) in [6.07, 6.45) is 1.63. The standard InChI is InChI=1S/C31H29FN4O5/c1-19-28(30(38)36(35(19)4)22-9-5-20(32)6-10-22)29(37)34-21-7-11-23(12-8-21)41-27-15-16-33-26-17-24(13-14-25(26)27)40-18-31(2,3)39/h5-17,39H,18H2,1-4H3,(H,34,37). The van der Waals surface area contributed by atoms with Crippen LogP contribution in [0.3, 0.4) is 0 Å². The van der Waals surface area contributed by atoms with Crippen LogP contribution in [0.1, 0.15) is 29.9 Å². The van der Waals surface area contributed by atoms with Gasteiger partial charge in [0.15, 0.2) is 0 Å². The first-order valence-electron chi connectivity index (χ1n) is 12.9. The van der Waals surface area contributed by atoms with Crippen molar-refractivity contribution < 1.29 is 23.8 Å². The maximum absolute atomic E-state index is 13.4. The SMILES string of the molecule is Cc1c(C(=O)Nc2ccc(Oc3ccnc4cc(OCC(C)(C)O)ccc34)cc2)c(=O)n(-c2ccc(F)cc2)n1C. The minimum Gasteiger partial charge on any atom is -0.491 e. The van der Waals surface area contributed by atoms with Crippen molar-refractivity contribution >= 4 is 22.5 Å². The van der Waals surface area contributed by atoms with Crippen molar-refractivity contribution in [3.05, 3.63) is 106 Å². The highest BCUT2D eigenvalue weighted by molar-refractivity contribution is 6.05. The van der Waals surface area contributed by atoms with E-state index in [9.17, 15) is 19.1 Å². The zero-order chi connectivity index (χ0) is 29.3. The summed E-state index contributed by atoms with van der Waals surface area (Å²) in [4.78, 5) is 30.6. The zero-order valence-corrected chi connectivity index (χ0v) is 23.0. The third kappa shape index (κ3) is 5.97. The van der Waals surface area contributed by atoms with Crippen molar-refractivity contribution in [2.75, 3.05) is 11.9 Å². The van der Waals surface area contributed by atoms with Gasteiger partial charge in [0.25, 0.3) is 11.5 Å². The Morgan fingerprint density at radius 2 is 1.71 bits per heavy atom. The fraction of sp³-hybridized carbons (Fsp3) is 0.194. The van der Waals surface area contributed by atoms with E-state index < -0.39 is 22.9 Å². The smallest absolute Gasteiger partial charge is 0.284 e. The number of fused-ring (bicyclic) bond motifs is 1. The molecule has 0 atom stereocenters. The molecule has 210 valence electrons. The Labute approximate surface area is 235 Å². The lowest BCUT2D eigenvalue weighted by atomic mass is 10.1. The molecule has 0 unspecified atom stereocenters. The number of carbonyl (C=O) groups excluding carboxylic acids is 1. The quantitative estimate of drug-likeness (QED) is 0.266. The lowest BCUT2D eigenvalue weighted by Crippen LogP contribution is -2.27. The summed E-state index contributed by atoms with van der Waals surface area (Å²) in [5.74, 6) is 0.731. The molecule has 0 bridgehead atoms. The Morgan fingerprint density at radius 1 is 1.02 bits per heavy atom. The van der Waals surface area contributed by atoms with Gasteiger partial charge in [-0.15, -0.1) is 0 Å². The van der Waals surface area contributed by atoms with Crippen molar-refractivity contribution in [3.8, 4) is 22.9 Å². The van der Waals surface area contributed by atoms with Gasteiger partial charge in [0.2, 0.25) is 0 Å². The zero-order valence-electron chi connectivity index (χ0n) is 23.0. The van der Waals surface area contributed by atoms with E-state index in [-0.39, 0.29) is 12.2 Å². The van der Waals surface area contributed by atoms with Gasteiger partial charge in [-0.1, -0.05) is 0 Å². The number of aliphatic hydroxyl groups is 1. The number of pyridine rings is 1. The third-order valence-corrected chi connectivity index (χ3v) is 6.46. The summed E-state index contributed by atoms with van der Waals surface area (Å²) in [5, 5.41) is 13.4. The lowest BCUT2D eigenvalue weighted by Gasteiger charge is -2.18. The predicted octanol–water partition coefficient (Wildman–Crippen LogP) is 5.37. The second-order valence-electron chi connectivity index (χ2n) is 10.2. The first-order chi connectivity index (χ1) is 19.5. The van der Waals surface area contributed by atoms with Crippen LogP contribution in [-0.2, 0) is 7.05 Å². The van der Waals surface area contributed by atoms with Gasteiger partial charge in [-0.25, -0.2) is 9.07 Å². The molecule has 0 saturated carbocycles. The predicted molar refractivity (Wildman–Crippen MR) is 154 cm³/mol. The molecular formula is C31H29FN4O5. The Morgan fingerprint density at radius 3 is 2.39 bits per heavy atom. The summed E-state index contributed by atoms with van der Waals surface area (Å²) in [5.41, 5.74) is 0.593. The van der Waals surface area contributed by atoms with E-state index >= 15 is 0 Å². The number of nitrogens with one attached hydrogen (secondary N) is 1. The molecular weight excluding hydrogens is 527 g/mol. The number of nitrogens with zero attached hydrogens (tertiary/aromatic N) is 3. The first-order valence-corrected chi connectivity index (χ1v) is 12.9. The van der Waals surface area contributed by atoms with Crippen LogP contribution in [0, 0.1) is 12.7 Å². The van der Waals surface area contributed by atoms with E-state index in [1.54, 1.807) is 81.2 Å². The Hall–Kier alpha value is -4.96. The topological polar surface area (TPSA) is 108 Å². The molecule has 0 fully saturated rings. The molecule has 0 aliphatic rings. The molecule has 2 aromatic heterocycles. The Kier molecular flexibility index (Phi) is 7.34. The van der Waals surface area contributed by atoms with E-state index in [1.807, 2.05) is 6.07 Å². The molecule has 2 N–H and O–H groups in total. The summed E-state index contributed by atoms with van der Waals surface area (Å²) < 4.78 is 28.0. The fourth-order valence-corrected chi connectivity index (χ4v) is 4.31. The van der Waals surface area contributed by atoms with Gasteiger partial charge in [-0.05, 0) is 87.5 Å². The van der Waals surface area contributed by atoms with E-state index in [0.717, 1.165) is 5.39 Å². The highest BCUT2D eigenvalue weighted by Crippen LogP contribution is 2.31. The van der Waals surface area contributed by atoms with Gasteiger partial charge >= 0.3 is 0 Å². The Bertz CT molecular complexity index is 1790. The van der Waals surface area contributed by atoms with Crippen molar-refractivity contribution in [1.82, 2.24) is 14.3 Å². The van der Waals surface area contributed by atoms with Gasteiger partial charge in [-0.3, -0.25) is 19.3 Å². The normalized spacial score (nSPS) is 11.5. The van der Waals surface area contributed by atoms with Crippen molar-refractivity contribution in [3.63, 3.8) is 0 Å². The van der Waals surface area contributed by atoms with Gasteiger partial charge in [0.05, 0.1) is 22.5 Å². The summed E-state index contributed by atoms with van der Waals surface area (Å²) >= 11 is 0. The van der Waals surface area contributed by atoms with Gasteiger partial charge in [0.1, 0.15) is 35.2 Å². The van der Waals surface area contributed by atoms with Crippen LogP contribution >= 0.6 is 0 Å². The van der Waals surface area contributed by atoms with Crippen LogP contribution in [0.4, 0.5) is 10.1 Å². The molecule has 0 spiro atoms. The number of rotatable bonds is 8. The number of halogens is 1. The maximum atomic E-state index is 13.4. The summed E-state index contributed by atoms with van der Waals surface area (Å²) in [6.45, 7) is 5.16. The van der Waals surface area contributed by atoms with E-state index in [2.05, 4.69) is 10.3 Å². The molecule has 0 saturated heterocycles. The largest absolute Gasteiger partial charge is 0.491 e. The highest BCUT2D eigenvalue weighted by atomic mass is 19.1. The second kappa shape index (κ2) is 10.9. The monoisotopic (exact) mass is 556 g/mol. The first kappa shape index (κ1) is 27.6. The molecule has 2 heterocycles. The van der Waals surface area contributed by atoms with Crippen LogP contribution in [0.5, 0.6) is 17.2 Å². The van der Waals surface area contributed by atoms with E-state index in [4.69, 9.17) is 9.47 Å². The molecule has 0 aliphatic carbocycles. The van der Waals surface area contributed by atoms with Crippen LogP contribution in [0.25, 0.3) is 16.6 Å². The maximum Gasteiger partial charge on any atom is 0.284 e. The minimum absolute atomic E-state index is 0.00805. The van der Waals surface area contributed by atoms with Gasteiger partial charge < -0.3 is 19.9 Å². The molecule has 5 rings (SSSR count). The van der Waals surface area contributed by atoms with Crippen molar-refractivity contribution in [2.45, 2.75) is 26.4 Å². The number of anilines is 1. The molecule has 0 radical (unpaired) electrons. The number of aromatic nitrogens is 3. The number of carbonyl (C=O) groups is 1. The minimum atomic E-state index is -0.956. The average molecular weight is 557 g/mol. The van der Waals surface area contributed by atoms with Crippen LogP contribution < -0.4 is 20.3 Å². The molecule has 41 heavy (non-hydrogen) atoms. The molecule has 10 heteroatoms. The number of ether oxygens (including phenoxy) is 2. The second-order valence-corrected chi connectivity index (χ2v) is 10.2. The molecule has 3 aromatic carbocycles. The number of hydrogen-bond donors (Lipinski definition) is 2. The van der Waals surface area contributed by atoms with Crippen molar-refractivity contribution in [1.29, 1.82) is 0 Å². The van der Waals surface area contributed by atoms with E-state index in [0.29, 0.717) is 39.8 Å². The van der Waals surface area contributed by atoms with E-state index in [1.165, 1.54) is 28.9 Å². The summed E-state index contributed by atoms with van der Waals surface area (Å²) in [7, 11) is 1.66. The van der Waals surface area contributed by atoms with Crippen LogP contribution in [0.15, 0.2) is 83.8 Å². The Balaban J connectivity index is 1.31. The van der Waals surface area contributed by atoms with Crippen molar-refractivity contribution in [2.24, 2.45) is 7.05 Å². The molecule has 1 amide bonds. The fourth-order valence-electron chi connectivity index (χ4n) is 4.31. The number of benzene rings is 3. The number of hydrogen-bond acceptors (Lipinski definition) is 6. The highest BCUT2D eigenvalue weighted by Gasteiger charge is 2.22. The number of amides is 1. The lowest BCUT2D eigenvalue weighted by molar-refractivity contribution is 0.0285. The van der Waals surface area contributed by atoms with Crippen LogP contribution in [-0.4, -0.2) is 37.6 Å². The average Bonchev–Trinajstić information content (AvgIpc) is 3.16. The third-order valence-electron chi connectivity index (χ3n) is 6.46. The summed E-state index contributed by atoms with van der Waals surface area (Å²) in [6, 6.07) is 19.4. The molecule has 9 nitrogen and oxygen atoms in total. The van der Waals surface area contributed by atoms with Gasteiger partial charge in [-0.2, -0.15) is 0 Å². The molecule has 5 aromatic rings. The molecule has 0 aliphatic heterocycles.